The van der Waals surface area contributed by atoms with Gasteiger partial charge in [0, 0.05) is 0 Å². The van der Waals surface area contributed by atoms with Crippen molar-refractivity contribution in [2.75, 3.05) is 0 Å². The molecule has 4 saturated carbocycles. The number of alkyl halides is 1. The van der Waals surface area contributed by atoms with Gasteiger partial charge < -0.3 is 4.74 Å². The molecule has 2 nitrogen and oxygen atoms in total. The fourth-order valence-electron chi connectivity index (χ4n) is 6.28. The van der Waals surface area contributed by atoms with Gasteiger partial charge >= 0.3 is 5.97 Å². The predicted octanol–water partition coefficient (Wildman–Crippen LogP) is 3.94. The molecule has 4 rings (SSSR count). The van der Waals surface area contributed by atoms with E-state index in [1.54, 1.807) is 0 Å². The van der Waals surface area contributed by atoms with Gasteiger partial charge in [-0.3, -0.25) is 15.1 Å². The van der Waals surface area contributed by atoms with Crippen LogP contribution in [0.3, 0.4) is 0 Å². The number of hydrogen-bond donors (Lipinski definition) is 0. The molecular formula is C18H26FO2Rf2-. The van der Waals surface area contributed by atoms with Crippen molar-refractivity contribution in [3.05, 3.63) is 5.92 Å². The molecule has 0 N–H and O–H groups in total. The van der Waals surface area contributed by atoms with E-state index in [2.05, 4.69) is 0 Å². The van der Waals surface area contributed by atoms with E-state index in [9.17, 15) is 4.79 Å². The average Bonchev–Trinajstić information content (AvgIpc) is 3.08. The van der Waals surface area contributed by atoms with Gasteiger partial charge in [-0.2, -0.15) is 12.8 Å². The zero-order valence-electron chi connectivity index (χ0n) is 14.9. The predicted molar refractivity (Wildman–Crippen MR) is 78.0 cm³/mol. The molecular weight excluding hydrogens is 801 g/mol. The largest absolute Gasteiger partial charge is 0.460 e. The fraction of sp³-hybridized carbons (Fsp3) is 0.889. The first-order valence-corrected chi connectivity index (χ1v) is 8.49. The van der Waals surface area contributed by atoms with Crippen molar-refractivity contribution in [1.82, 2.24) is 0 Å². The maximum Gasteiger partial charge on any atom is 0.313 e. The van der Waals surface area contributed by atoms with Crippen molar-refractivity contribution in [2.24, 2.45) is 35.5 Å². The van der Waals surface area contributed by atoms with E-state index >= 15 is 4.39 Å². The van der Waals surface area contributed by atoms with Crippen LogP contribution in [0.15, 0.2) is 0 Å². The van der Waals surface area contributed by atoms with Crippen molar-refractivity contribution >= 4 is 5.97 Å². The Morgan fingerprint density at radius 3 is 2.26 bits per heavy atom. The number of halogens is 1. The van der Waals surface area contributed by atoms with Gasteiger partial charge in [0.05, 0.1) is 5.67 Å². The first kappa shape index (κ1) is 16.8. The van der Waals surface area contributed by atoms with Crippen molar-refractivity contribution < 1.29 is 13.9 Å². The van der Waals surface area contributed by atoms with Crippen LogP contribution < -0.4 is 0 Å². The van der Waals surface area contributed by atoms with Gasteiger partial charge in [-0.05, 0) is 63.7 Å². The fourth-order valence-corrected chi connectivity index (χ4v) is 6.28. The smallest absolute Gasteiger partial charge is 0.313 e. The third-order valence-electron chi connectivity index (χ3n) is 6.82. The second-order valence-corrected chi connectivity index (χ2v) is 8.83. The third kappa shape index (κ3) is 1.78. The van der Waals surface area contributed by atoms with Gasteiger partial charge in [0.1, 0.15) is 5.60 Å². The van der Waals surface area contributed by atoms with Crippen LogP contribution in [0.5, 0.6) is 0 Å². The summed E-state index contributed by atoms with van der Waals surface area (Å²) in [7, 11) is 0. The normalized spacial score (nSPS) is 47.0. The minimum absolute atomic E-state index is 0. The van der Waals surface area contributed by atoms with Crippen LogP contribution in [-0.4, -0.2) is 17.2 Å². The van der Waals surface area contributed by atoms with Crippen LogP contribution in [0.1, 0.15) is 53.4 Å². The summed E-state index contributed by atoms with van der Waals surface area (Å²) >= 11 is 0. The molecule has 4 fully saturated rings. The van der Waals surface area contributed by atoms with Gasteiger partial charge in [0.25, 0.3) is 0 Å². The Morgan fingerprint density at radius 1 is 1.13 bits per heavy atom. The first-order chi connectivity index (χ1) is 9.73. The number of hydrogen-bond acceptors (Lipinski definition) is 2. The molecule has 23 heavy (non-hydrogen) atoms. The quantitative estimate of drug-likeness (QED) is 0.228. The molecule has 0 radical (unpaired) electrons. The molecule has 0 aromatic rings. The van der Waals surface area contributed by atoms with Crippen LogP contribution in [-0.2, 0) is 9.53 Å². The molecule has 0 aromatic carbocycles. The molecule has 4 aliphatic carbocycles. The van der Waals surface area contributed by atoms with Gasteiger partial charge in [0.2, 0.25) is 0 Å². The Hall–Kier alpha value is -2.60. The summed E-state index contributed by atoms with van der Waals surface area (Å²) in [6, 6.07) is 0. The minimum Gasteiger partial charge on any atom is -0.460 e. The van der Waals surface area contributed by atoms with E-state index in [0.29, 0.717) is 23.7 Å². The zero-order chi connectivity index (χ0) is 15.2. The van der Waals surface area contributed by atoms with Gasteiger partial charge in [-0.15, -0.1) is 0 Å². The molecule has 4 aliphatic rings. The second kappa shape index (κ2) is 4.45. The number of fused-ring (bicyclic) bond motifs is 9. The topological polar surface area (TPSA) is 26.3 Å². The van der Waals surface area contributed by atoms with Crippen molar-refractivity contribution in [3.8, 4) is 0 Å². The van der Waals surface area contributed by atoms with E-state index in [1.165, 1.54) is 19.3 Å². The van der Waals surface area contributed by atoms with Crippen LogP contribution in [0.4, 0.5) is 4.39 Å². The molecule has 0 amide bonds. The SMILES string of the molecule is C[C-]1C2CC(C3C4CCC(C4)C23)C1(F)C(=O)OC(C)(C)C.[Rf].[Rf]. The first-order valence-electron chi connectivity index (χ1n) is 8.49. The van der Waals surface area contributed by atoms with E-state index in [4.69, 9.17) is 4.74 Å². The maximum atomic E-state index is 15.8. The summed E-state index contributed by atoms with van der Waals surface area (Å²) in [6.07, 6.45) is 4.73. The van der Waals surface area contributed by atoms with Crippen molar-refractivity contribution in [3.63, 3.8) is 0 Å². The van der Waals surface area contributed by atoms with E-state index in [-0.39, 0.29) is 5.92 Å². The van der Waals surface area contributed by atoms with Crippen LogP contribution in [0.2, 0.25) is 0 Å². The molecule has 7 atom stereocenters. The summed E-state index contributed by atoms with van der Waals surface area (Å²) in [5.74, 6) is 2.94. The maximum absolute atomic E-state index is 15.8. The van der Waals surface area contributed by atoms with Crippen molar-refractivity contribution in [1.29, 1.82) is 0 Å². The van der Waals surface area contributed by atoms with Gasteiger partial charge in [0.15, 0.2) is 0 Å². The summed E-state index contributed by atoms with van der Waals surface area (Å²) in [4.78, 5) is 12.6. The molecule has 0 heterocycles. The zero-order valence-corrected chi connectivity index (χ0v) is 27.7. The summed E-state index contributed by atoms with van der Waals surface area (Å²) < 4.78 is 21.2. The van der Waals surface area contributed by atoms with Gasteiger partial charge in [-0.25, -0.2) is 0 Å². The number of carbonyl (C=O) groups is 1. The number of rotatable bonds is 1. The van der Waals surface area contributed by atoms with E-state index < -0.39 is 17.2 Å². The third-order valence-corrected chi connectivity index (χ3v) is 6.82. The summed E-state index contributed by atoms with van der Waals surface area (Å²) in [6.45, 7) is 7.32. The summed E-state index contributed by atoms with van der Waals surface area (Å²) in [5.41, 5.74) is -2.43. The molecule has 0 spiro atoms. The molecule has 122 valence electrons. The second-order valence-electron chi connectivity index (χ2n) is 8.83. The van der Waals surface area contributed by atoms with Crippen LogP contribution >= 0.6 is 0 Å². The molecule has 0 saturated heterocycles. The van der Waals surface area contributed by atoms with E-state index in [1.807, 2.05) is 27.7 Å². The standard InChI is InChI=1S/C18H26FO2.2Rf/c1-9-12-8-13(15-11-6-5-10(7-11)14(12)15)18(9,19)16(20)21-17(2,3)4;;/h10-15H,5-8H2,1-4H3;;/q-1;;. The Bertz CT molecular complexity index is 492. The van der Waals surface area contributed by atoms with Crippen molar-refractivity contribution in [2.45, 2.75) is 64.6 Å². The molecule has 5 heteroatoms. The monoisotopic (exact) mass is 827 g/mol. The number of ether oxygens (including phenoxy) is 1. The molecule has 7 unspecified atom stereocenters. The molecule has 0 aromatic heterocycles. The Labute approximate surface area is 126 Å². The van der Waals surface area contributed by atoms with Gasteiger partial charge in [-0.1, -0.05) is 12.3 Å². The average molecular weight is 827 g/mol. The number of carbonyl (C=O) groups excluding carboxylic acids is 1. The van der Waals surface area contributed by atoms with E-state index in [0.717, 1.165) is 18.3 Å². The van der Waals surface area contributed by atoms with Crippen LogP contribution in [0, 0.1) is 41.4 Å². The van der Waals surface area contributed by atoms with Crippen LogP contribution in [0.25, 0.3) is 0 Å². The Morgan fingerprint density at radius 2 is 1.70 bits per heavy atom. The molecule has 4 bridgehead atoms. The molecule has 0 aliphatic heterocycles. The Kier molecular flexibility index (Phi) is 3.25. The summed E-state index contributed by atoms with van der Waals surface area (Å²) in [5, 5.41) is 0. The minimum atomic E-state index is -1.82. The number of esters is 1. The Balaban J connectivity index is 0.000000960.